The molecule has 0 spiro atoms. The summed E-state index contributed by atoms with van der Waals surface area (Å²) in [6.45, 7) is 5.02. The summed E-state index contributed by atoms with van der Waals surface area (Å²) in [7, 11) is -0.541. The number of benzene rings is 4. The lowest BCUT2D eigenvalue weighted by atomic mass is 9.99. The first-order valence-corrected chi connectivity index (χ1v) is 16.9. The second-order valence-corrected chi connectivity index (χ2v) is 13.5. The van der Waals surface area contributed by atoms with Crippen LogP contribution in [0.1, 0.15) is 29.8 Å². The maximum absolute atomic E-state index is 13.8. The molecule has 248 valence electrons. The maximum atomic E-state index is 13.8. The van der Waals surface area contributed by atoms with Crippen molar-refractivity contribution in [2.45, 2.75) is 37.4 Å². The van der Waals surface area contributed by atoms with Crippen molar-refractivity contribution in [1.29, 1.82) is 0 Å². The number of amides is 1. The molecular weight excluding hydrogens is 618 g/mol. The number of likely N-dealkylation sites (N-methyl/N-ethyl adjacent to an activating group) is 1. The average Bonchev–Trinajstić information content (AvgIpc) is 3.07. The molecule has 1 heterocycles. The highest BCUT2D eigenvalue weighted by Gasteiger charge is 2.35. The number of ether oxygens (including phenoxy) is 3. The van der Waals surface area contributed by atoms with Crippen LogP contribution in [0.25, 0.3) is 0 Å². The average molecular weight is 660 g/mol. The first kappa shape index (κ1) is 33.8. The maximum Gasteiger partial charge on any atom is 0.262 e. The van der Waals surface area contributed by atoms with Gasteiger partial charge in [-0.05, 0) is 80.2 Å². The van der Waals surface area contributed by atoms with E-state index in [9.17, 15) is 18.3 Å². The minimum Gasteiger partial charge on any atom is -0.497 e. The molecule has 11 heteroatoms. The van der Waals surface area contributed by atoms with Crippen LogP contribution in [-0.2, 0) is 16.6 Å². The Morgan fingerprint density at radius 1 is 0.957 bits per heavy atom. The number of carbonyl (C=O) groups is 1. The molecule has 3 atom stereocenters. The topological polar surface area (TPSA) is 118 Å². The number of nitrogens with one attached hydrogen (secondary N) is 1. The van der Waals surface area contributed by atoms with Gasteiger partial charge in [-0.15, -0.1) is 0 Å². The summed E-state index contributed by atoms with van der Waals surface area (Å²) >= 11 is 0. The van der Waals surface area contributed by atoms with E-state index in [1.807, 2.05) is 68.6 Å². The molecule has 1 aliphatic heterocycles. The zero-order valence-corrected chi connectivity index (χ0v) is 27.8. The third kappa shape index (κ3) is 8.23. The Morgan fingerprint density at radius 2 is 1.62 bits per heavy atom. The molecule has 0 fully saturated rings. The minimum absolute atomic E-state index is 0.0356. The Hall–Kier alpha value is -4.58. The Bertz CT molecular complexity index is 1750. The standard InChI is InChI=1S/C36H41N3O7S/c1-25-21-39(26(2)24-40)36(41)32-11-8-12-33(37-47(42,43)31-19-17-28(44-4)18-20-31)35(32)46-34(25)23-38(3)22-27-13-15-30(16-14-27)45-29-9-6-5-7-10-29/h5-20,25-26,34,37,40H,21-24H2,1-4H3/t25-,26-,34+/m0/s1. The second kappa shape index (κ2) is 14.9. The van der Waals surface area contributed by atoms with Crippen molar-refractivity contribution in [3.8, 4) is 23.0 Å². The van der Waals surface area contributed by atoms with E-state index in [1.54, 1.807) is 42.2 Å². The molecule has 0 unspecified atom stereocenters. The van der Waals surface area contributed by atoms with Crippen LogP contribution in [0.4, 0.5) is 5.69 Å². The lowest BCUT2D eigenvalue weighted by Crippen LogP contribution is -2.49. The number of aliphatic hydroxyl groups is 1. The molecule has 0 aliphatic carbocycles. The lowest BCUT2D eigenvalue weighted by molar-refractivity contribution is 0.0344. The van der Waals surface area contributed by atoms with Crippen molar-refractivity contribution in [1.82, 2.24) is 9.80 Å². The summed E-state index contributed by atoms with van der Waals surface area (Å²) in [6, 6.07) is 27.9. The summed E-state index contributed by atoms with van der Waals surface area (Å²) < 4.78 is 47.2. The molecular formula is C36H41N3O7S. The monoisotopic (exact) mass is 659 g/mol. The third-order valence-corrected chi connectivity index (χ3v) is 9.53. The molecule has 2 N–H and O–H groups in total. The normalized spacial score (nSPS) is 17.2. The predicted molar refractivity (Wildman–Crippen MR) is 181 cm³/mol. The molecule has 5 rings (SSSR count). The summed E-state index contributed by atoms with van der Waals surface area (Å²) in [5.41, 5.74) is 1.44. The van der Waals surface area contributed by atoms with Gasteiger partial charge in [0.2, 0.25) is 0 Å². The summed E-state index contributed by atoms with van der Waals surface area (Å²) in [4.78, 5) is 17.6. The molecule has 4 aromatic rings. The molecule has 0 aromatic heterocycles. The van der Waals surface area contributed by atoms with E-state index in [-0.39, 0.29) is 40.3 Å². The van der Waals surface area contributed by atoms with Gasteiger partial charge in [-0.2, -0.15) is 0 Å². The van der Waals surface area contributed by atoms with Crippen LogP contribution in [0.5, 0.6) is 23.0 Å². The van der Waals surface area contributed by atoms with Gasteiger partial charge in [-0.25, -0.2) is 8.42 Å². The first-order valence-electron chi connectivity index (χ1n) is 15.5. The Balaban J connectivity index is 1.39. The van der Waals surface area contributed by atoms with Gasteiger partial charge in [-0.3, -0.25) is 14.4 Å². The van der Waals surface area contributed by atoms with Crippen LogP contribution in [0.3, 0.4) is 0 Å². The number of rotatable bonds is 12. The molecule has 47 heavy (non-hydrogen) atoms. The van der Waals surface area contributed by atoms with Gasteiger partial charge in [0.1, 0.15) is 23.4 Å². The summed E-state index contributed by atoms with van der Waals surface area (Å²) in [5, 5.41) is 10.0. The van der Waals surface area contributed by atoms with E-state index in [2.05, 4.69) is 9.62 Å². The molecule has 10 nitrogen and oxygen atoms in total. The number of methoxy groups -OCH3 is 1. The zero-order valence-electron chi connectivity index (χ0n) is 27.0. The number of carbonyl (C=O) groups excluding carboxylic acids is 1. The van der Waals surface area contributed by atoms with Gasteiger partial charge in [0, 0.05) is 25.6 Å². The van der Waals surface area contributed by atoms with E-state index >= 15 is 0 Å². The van der Waals surface area contributed by atoms with Crippen molar-refractivity contribution >= 4 is 21.6 Å². The van der Waals surface area contributed by atoms with Crippen molar-refractivity contribution in [3.05, 3.63) is 108 Å². The fraction of sp³-hybridized carbons (Fsp3) is 0.306. The van der Waals surface area contributed by atoms with E-state index in [1.165, 1.54) is 19.2 Å². The Morgan fingerprint density at radius 3 is 2.28 bits per heavy atom. The summed E-state index contributed by atoms with van der Waals surface area (Å²) in [6.07, 6.45) is -0.424. The van der Waals surface area contributed by atoms with Gasteiger partial charge in [-0.1, -0.05) is 43.3 Å². The van der Waals surface area contributed by atoms with Crippen molar-refractivity contribution in [3.63, 3.8) is 0 Å². The van der Waals surface area contributed by atoms with Gasteiger partial charge in [0.15, 0.2) is 5.75 Å². The molecule has 0 radical (unpaired) electrons. The molecule has 0 saturated carbocycles. The Labute approximate surface area is 276 Å². The van der Waals surface area contributed by atoms with Gasteiger partial charge in [0.05, 0.1) is 35.9 Å². The minimum atomic E-state index is -4.03. The molecule has 1 amide bonds. The molecule has 0 bridgehead atoms. The molecule has 0 saturated heterocycles. The fourth-order valence-electron chi connectivity index (χ4n) is 5.47. The number of hydrogen-bond acceptors (Lipinski definition) is 8. The number of fused-ring (bicyclic) bond motifs is 1. The molecule has 4 aromatic carbocycles. The molecule has 1 aliphatic rings. The fourth-order valence-corrected chi connectivity index (χ4v) is 6.53. The number of anilines is 1. The van der Waals surface area contributed by atoms with E-state index in [0.717, 1.165) is 17.1 Å². The number of aliphatic hydroxyl groups excluding tert-OH is 1. The van der Waals surface area contributed by atoms with E-state index in [0.29, 0.717) is 25.4 Å². The highest BCUT2D eigenvalue weighted by Crippen LogP contribution is 2.36. The van der Waals surface area contributed by atoms with Gasteiger partial charge >= 0.3 is 0 Å². The van der Waals surface area contributed by atoms with Crippen LogP contribution >= 0.6 is 0 Å². The van der Waals surface area contributed by atoms with Crippen molar-refractivity contribution in [2.75, 3.05) is 38.6 Å². The quantitative estimate of drug-likeness (QED) is 0.201. The zero-order chi connectivity index (χ0) is 33.6. The number of hydrogen-bond donors (Lipinski definition) is 2. The third-order valence-electron chi connectivity index (χ3n) is 8.15. The van der Waals surface area contributed by atoms with Crippen LogP contribution in [0.15, 0.2) is 102 Å². The number of nitrogens with zero attached hydrogens (tertiary/aromatic N) is 2. The van der Waals surface area contributed by atoms with E-state index in [4.69, 9.17) is 14.2 Å². The van der Waals surface area contributed by atoms with Crippen LogP contribution in [-0.4, -0.2) is 75.2 Å². The predicted octanol–water partition coefficient (Wildman–Crippen LogP) is 5.64. The van der Waals surface area contributed by atoms with Gasteiger partial charge < -0.3 is 24.2 Å². The smallest absolute Gasteiger partial charge is 0.262 e. The van der Waals surface area contributed by atoms with Crippen LogP contribution < -0.4 is 18.9 Å². The second-order valence-electron chi connectivity index (χ2n) is 11.8. The van der Waals surface area contributed by atoms with Crippen molar-refractivity contribution in [2.24, 2.45) is 5.92 Å². The van der Waals surface area contributed by atoms with Crippen molar-refractivity contribution < 1.29 is 32.5 Å². The SMILES string of the molecule is COc1ccc(S(=O)(=O)Nc2cccc3c2O[C@H](CN(C)Cc2ccc(Oc4ccccc4)cc2)[C@@H](C)CN([C@@H](C)CO)C3=O)cc1. The van der Waals surface area contributed by atoms with Crippen LogP contribution in [0, 0.1) is 5.92 Å². The van der Waals surface area contributed by atoms with Crippen LogP contribution in [0.2, 0.25) is 0 Å². The number of sulfonamides is 1. The lowest BCUT2D eigenvalue weighted by Gasteiger charge is -2.38. The first-order chi connectivity index (χ1) is 22.6. The largest absolute Gasteiger partial charge is 0.497 e. The highest BCUT2D eigenvalue weighted by molar-refractivity contribution is 7.92. The number of para-hydroxylation sites is 2. The highest BCUT2D eigenvalue weighted by atomic mass is 32.2. The van der Waals surface area contributed by atoms with Gasteiger partial charge in [0.25, 0.3) is 15.9 Å². The Kier molecular flexibility index (Phi) is 10.7. The summed E-state index contributed by atoms with van der Waals surface area (Å²) in [5.74, 6) is 1.68. The van der Waals surface area contributed by atoms with E-state index < -0.39 is 22.2 Å².